The fourth-order valence-corrected chi connectivity index (χ4v) is 3.85. The van der Waals surface area contributed by atoms with Gasteiger partial charge in [0, 0.05) is 44.6 Å². The Hall–Kier alpha value is -2.96. The molecule has 1 saturated heterocycles. The van der Waals surface area contributed by atoms with Crippen molar-refractivity contribution in [3.05, 3.63) is 53.0 Å². The second kappa shape index (κ2) is 6.89. The number of fused-ring (bicyclic) bond motifs is 1. The van der Waals surface area contributed by atoms with Gasteiger partial charge in [-0.2, -0.15) is 0 Å². The van der Waals surface area contributed by atoms with Gasteiger partial charge in [0.05, 0.1) is 29.1 Å². The van der Waals surface area contributed by atoms with Gasteiger partial charge in [-0.15, -0.1) is 0 Å². The van der Waals surface area contributed by atoms with E-state index in [9.17, 15) is 4.79 Å². The fourth-order valence-electron chi connectivity index (χ4n) is 3.85. The molecule has 1 aliphatic heterocycles. The molecular weight excluding hydrogens is 352 g/mol. The Morgan fingerprint density at radius 1 is 1.07 bits per heavy atom. The highest BCUT2D eigenvalue weighted by Crippen LogP contribution is 2.30. The monoisotopic (exact) mass is 376 g/mol. The van der Waals surface area contributed by atoms with Gasteiger partial charge in [-0.05, 0) is 43.9 Å². The van der Waals surface area contributed by atoms with Crippen molar-refractivity contribution in [2.75, 3.05) is 36.0 Å². The Labute approximate surface area is 163 Å². The summed E-state index contributed by atoms with van der Waals surface area (Å²) < 4.78 is 1.77. The number of piperazine rings is 1. The van der Waals surface area contributed by atoms with Crippen LogP contribution in [0.3, 0.4) is 0 Å². The Morgan fingerprint density at radius 2 is 1.86 bits per heavy atom. The summed E-state index contributed by atoms with van der Waals surface area (Å²) in [4.78, 5) is 30.7. The molecule has 1 aliphatic carbocycles. The summed E-state index contributed by atoms with van der Waals surface area (Å²) in [6.45, 7) is 6.36. The molecule has 0 amide bonds. The first-order chi connectivity index (χ1) is 13.7. The second-order valence-electron chi connectivity index (χ2n) is 7.84. The van der Waals surface area contributed by atoms with E-state index in [0.29, 0.717) is 11.3 Å². The van der Waals surface area contributed by atoms with Crippen LogP contribution in [-0.4, -0.2) is 45.7 Å². The van der Waals surface area contributed by atoms with Gasteiger partial charge in [-0.3, -0.25) is 14.3 Å². The lowest BCUT2D eigenvalue weighted by Gasteiger charge is -2.36. The smallest absolute Gasteiger partial charge is 0.261 e. The molecule has 0 spiro atoms. The van der Waals surface area contributed by atoms with Gasteiger partial charge in [0.25, 0.3) is 5.56 Å². The zero-order chi connectivity index (χ0) is 19.1. The number of nitrogens with zero attached hydrogens (tertiary/aromatic N) is 6. The Morgan fingerprint density at radius 3 is 2.61 bits per heavy atom. The van der Waals surface area contributed by atoms with Crippen molar-refractivity contribution in [3.8, 4) is 0 Å². The number of aryl methyl sites for hydroxylation is 1. The molecule has 3 aromatic rings. The van der Waals surface area contributed by atoms with E-state index in [-0.39, 0.29) is 5.56 Å². The Kier molecular flexibility index (Phi) is 4.22. The van der Waals surface area contributed by atoms with Crippen LogP contribution in [0.1, 0.15) is 18.5 Å². The van der Waals surface area contributed by atoms with Crippen molar-refractivity contribution < 1.29 is 0 Å². The maximum Gasteiger partial charge on any atom is 0.261 e. The minimum Gasteiger partial charge on any atom is -0.368 e. The van der Waals surface area contributed by atoms with E-state index in [1.807, 2.05) is 25.3 Å². The van der Waals surface area contributed by atoms with E-state index in [4.69, 9.17) is 0 Å². The summed E-state index contributed by atoms with van der Waals surface area (Å²) >= 11 is 0. The zero-order valence-corrected chi connectivity index (χ0v) is 16.1. The van der Waals surface area contributed by atoms with Crippen molar-refractivity contribution in [2.45, 2.75) is 26.3 Å². The summed E-state index contributed by atoms with van der Waals surface area (Å²) in [5.74, 6) is 1.60. The van der Waals surface area contributed by atoms with E-state index in [1.165, 1.54) is 12.8 Å². The number of hydrogen-bond donors (Lipinski definition) is 0. The van der Waals surface area contributed by atoms with Crippen molar-refractivity contribution in [2.24, 2.45) is 5.92 Å². The third-order valence-electron chi connectivity index (χ3n) is 5.67. The zero-order valence-electron chi connectivity index (χ0n) is 16.1. The molecule has 2 aromatic heterocycles. The highest BCUT2D eigenvalue weighted by molar-refractivity contribution is 5.81. The van der Waals surface area contributed by atoms with Gasteiger partial charge < -0.3 is 9.80 Å². The molecule has 0 N–H and O–H groups in total. The Bertz CT molecular complexity index is 1070. The lowest BCUT2D eigenvalue weighted by Crippen LogP contribution is -2.46. The molecule has 7 heteroatoms. The van der Waals surface area contributed by atoms with Crippen LogP contribution < -0.4 is 15.4 Å². The molecule has 7 nitrogen and oxygen atoms in total. The molecule has 0 radical (unpaired) electrons. The predicted octanol–water partition coefficient (Wildman–Crippen LogP) is 2.23. The third-order valence-corrected chi connectivity index (χ3v) is 5.67. The summed E-state index contributed by atoms with van der Waals surface area (Å²) in [6, 6.07) is 6.02. The van der Waals surface area contributed by atoms with Crippen LogP contribution in [0.2, 0.25) is 0 Å². The highest BCUT2D eigenvalue weighted by atomic mass is 16.1. The summed E-state index contributed by atoms with van der Waals surface area (Å²) in [5, 5.41) is 0.709. The standard InChI is InChI=1S/C21H24N6O/c1-15-11-22-12-20(24-15)26-8-6-25(7-9-26)17-4-5-18-19(10-17)23-14-27(21(18)28)13-16-2-3-16/h4-5,10-12,14,16H,2-3,6-9,13H2,1H3. The third kappa shape index (κ3) is 3.32. The fraction of sp³-hybridized carbons (Fsp3) is 0.429. The van der Waals surface area contributed by atoms with E-state index in [2.05, 4.69) is 30.8 Å². The molecule has 3 heterocycles. The normalized spacial score (nSPS) is 17.3. The van der Waals surface area contributed by atoms with Crippen LogP contribution in [0.15, 0.2) is 41.7 Å². The van der Waals surface area contributed by atoms with Crippen LogP contribution in [-0.2, 0) is 6.54 Å². The van der Waals surface area contributed by atoms with Crippen molar-refractivity contribution in [1.82, 2.24) is 19.5 Å². The van der Waals surface area contributed by atoms with Gasteiger partial charge in [0.15, 0.2) is 0 Å². The van der Waals surface area contributed by atoms with Gasteiger partial charge in [-0.1, -0.05) is 0 Å². The molecule has 5 rings (SSSR count). The van der Waals surface area contributed by atoms with Crippen molar-refractivity contribution >= 4 is 22.4 Å². The molecule has 0 unspecified atom stereocenters. The van der Waals surface area contributed by atoms with Gasteiger partial charge in [0.2, 0.25) is 0 Å². The van der Waals surface area contributed by atoms with Crippen molar-refractivity contribution in [3.63, 3.8) is 0 Å². The largest absolute Gasteiger partial charge is 0.368 e. The topological polar surface area (TPSA) is 67.2 Å². The molecule has 0 bridgehead atoms. The molecule has 2 fully saturated rings. The molecule has 144 valence electrons. The van der Waals surface area contributed by atoms with Gasteiger partial charge >= 0.3 is 0 Å². The number of rotatable bonds is 4. The summed E-state index contributed by atoms with van der Waals surface area (Å²) in [6.07, 6.45) is 7.77. The first-order valence-electron chi connectivity index (χ1n) is 9.95. The number of aromatic nitrogens is 4. The summed E-state index contributed by atoms with van der Waals surface area (Å²) in [7, 11) is 0. The van der Waals surface area contributed by atoms with Crippen LogP contribution in [0, 0.1) is 12.8 Å². The average molecular weight is 376 g/mol. The van der Waals surface area contributed by atoms with Crippen LogP contribution >= 0.6 is 0 Å². The van der Waals surface area contributed by atoms with Gasteiger partial charge in [0.1, 0.15) is 5.82 Å². The van der Waals surface area contributed by atoms with Crippen LogP contribution in [0.25, 0.3) is 10.9 Å². The maximum absolute atomic E-state index is 12.7. The Balaban J connectivity index is 1.33. The molecule has 28 heavy (non-hydrogen) atoms. The average Bonchev–Trinajstić information content (AvgIpc) is 3.54. The SMILES string of the molecule is Cc1cncc(N2CCN(c3ccc4c(=O)n(CC5CC5)cnc4c3)CC2)n1. The lowest BCUT2D eigenvalue weighted by molar-refractivity contribution is 0.602. The molecule has 0 atom stereocenters. The quantitative estimate of drug-likeness (QED) is 0.696. The second-order valence-corrected chi connectivity index (χ2v) is 7.84. The molecule has 1 saturated carbocycles. The molecular formula is C21H24N6O. The summed E-state index contributed by atoms with van der Waals surface area (Å²) in [5.41, 5.74) is 2.91. The van der Waals surface area contributed by atoms with E-state index in [1.54, 1.807) is 17.1 Å². The van der Waals surface area contributed by atoms with Gasteiger partial charge in [-0.25, -0.2) is 9.97 Å². The van der Waals surface area contributed by atoms with Crippen LogP contribution in [0.5, 0.6) is 0 Å². The number of hydrogen-bond acceptors (Lipinski definition) is 6. The van der Waals surface area contributed by atoms with E-state index < -0.39 is 0 Å². The molecule has 2 aliphatic rings. The minimum atomic E-state index is 0.0753. The maximum atomic E-state index is 12.7. The van der Waals surface area contributed by atoms with E-state index >= 15 is 0 Å². The predicted molar refractivity (Wildman–Crippen MR) is 110 cm³/mol. The number of benzene rings is 1. The molecule has 1 aromatic carbocycles. The first-order valence-corrected chi connectivity index (χ1v) is 9.95. The number of anilines is 2. The minimum absolute atomic E-state index is 0.0753. The lowest BCUT2D eigenvalue weighted by atomic mass is 10.2. The van der Waals surface area contributed by atoms with Crippen molar-refractivity contribution in [1.29, 1.82) is 0 Å². The van der Waals surface area contributed by atoms with Crippen LogP contribution in [0.4, 0.5) is 11.5 Å². The van der Waals surface area contributed by atoms with E-state index in [0.717, 1.165) is 55.4 Å². The highest BCUT2D eigenvalue weighted by Gasteiger charge is 2.23. The first kappa shape index (κ1) is 17.2.